The minimum atomic E-state index is -3.72. The Balaban J connectivity index is 2.12. The van der Waals surface area contributed by atoms with Crippen molar-refractivity contribution in [1.82, 2.24) is 0 Å². The Bertz CT molecular complexity index is 965. The first kappa shape index (κ1) is 15.4. The van der Waals surface area contributed by atoms with Crippen LogP contribution in [-0.4, -0.2) is 15.5 Å². The summed E-state index contributed by atoms with van der Waals surface area (Å²) in [5.41, 5.74) is 1.46. The molecule has 118 valence electrons. The fraction of sp³-hybridized carbons (Fsp3) is 0.111. The summed E-state index contributed by atoms with van der Waals surface area (Å²) in [7, 11) is -2.21. The standard InChI is InChI=1S/C18H17NO3S/c1-13-11-12-18(15-8-4-3-7-14(13)15)23(20,21)19-16-9-5-6-10-17(16)22-2/h3-12,19H,1-2H3. The maximum atomic E-state index is 12.8. The number of para-hydroxylation sites is 2. The molecular formula is C18H17NO3S. The Kier molecular flexibility index (Phi) is 3.96. The van der Waals surface area contributed by atoms with Crippen LogP contribution in [0.5, 0.6) is 5.75 Å². The Labute approximate surface area is 135 Å². The molecule has 0 saturated heterocycles. The lowest BCUT2D eigenvalue weighted by atomic mass is 10.1. The smallest absolute Gasteiger partial charge is 0.262 e. The van der Waals surface area contributed by atoms with Gasteiger partial charge in [0.25, 0.3) is 10.0 Å². The molecule has 5 heteroatoms. The van der Waals surface area contributed by atoms with E-state index >= 15 is 0 Å². The highest BCUT2D eigenvalue weighted by Crippen LogP contribution is 2.30. The zero-order valence-corrected chi connectivity index (χ0v) is 13.7. The largest absolute Gasteiger partial charge is 0.495 e. The number of rotatable bonds is 4. The summed E-state index contributed by atoms with van der Waals surface area (Å²) in [4.78, 5) is 0.254. The van der Waals surface area contributed by atoms with Crippen LogP contribution < -0.4 is 9.46 Å². The van der Waals surface area contributed by atoms with E-state index in [2.05, 4.69) is 4.72 Å². The van der Waals surface area contributed by atoms with Crippen LogP contribution in [0.1, 0.15) is 5.56 Å². The lowest BCUT2D eigenvalue weighted by Crippen LogP contribution is -2.14. The molecule has 0 aliphatic carbocycles. The Hall–Kier alpha value is -2.53. The highest BCUT2D eigenvalue weighted by Gasteiger charge is 2.19. The molecule has 0 radical (unpaired) electrons. The Morgan fingerprint density at radius 3 is 2.26 bits per heavy atom. The summed E-state index contributed by atoms with van der Waals surface area (Å²) in [6, 6.07) is 17.9. The van der Waals surface area contributed by atoms with Gasteiger partial charge in [-0.3, -0.25) is 4.72 Å². The summed E-state index contributed by atoms with van der Waals surface area (Å²) in [6.07, 6.45) is 0. The van der Waals surface area contributed by atoms with Crippen LogP contribution in [0.25, 0.3) is 10.8 Å². The molecule has 0 amide bonds. The number of anilines is 1. The van der Waals surface area contributed by atoms with E-state index in [0.29, 0.717) is 16.8 Å². The van der Waals surface area contributed by atoms with E-state index in [-0.39, 0.29) is 4.90 Å². The average molecular weight is 327 g/mol. The van der Waals surface area contributed by atoms with Crippen LogP contribution in [0.2, 0.25) is 0 Å². The van der Waals surface area contributed by atoms with E-state index < -0.39 is 10.0 Å². The van der Waals surface area contributed by atoms with Gasteiger partial charge in [-0.25, -0.2) is 8.42 Å². The second kappa shape index (κ2) is 5.93. The molecule has 0 heterocycles. The first-order valence-corrected chi connectivity index (χ1v) is 8.65. The van der Waals surface area contributed by atoms with Crippen molar-refractivity contribution in [2.24, 2.45) is 0 Å². The van der Waals surface area contributed by atoms with Crippen molar-refractivity contribution >= 4 is 26.5 Å². The molecule has 0 bridgehead atoms. The molecule has 1 N–H and O–H groups in total. The van der Waals surface area contributed by atoms with E-state index in [1.807, 2.05) is 37.3 Å². The summed E-state index contributed by atoms with van der Waals surface area (Å²) in [5, 5.41) is 1.63. The second-order valence-corrected chi connectivity index (χ2v) is 6.88. The van der Waals surface area contributed by atoms with Crippen LogP contribution in [-0.2, 0) is 10.0 Å². The average Bonchev–Trinajstić information content (AvgIpc) is 2.55. The molecule has 3 aromatic carbocycles. The summed E-state index contributed by atoms with van der Waals surface area (Å²) in [6.45, 7) is 1.96. The minimum Gasteiger partial charge on any atom is -0.495 e. The molecule has 23 heavy (non-hydrogen) atoms. The SMILES string of the molecule is COc1ccccc1NS(=O)(=O)c1ccc(C)c2ccccc12. The van der Waals surface area contributed by atoms with E-state index in [4.69, 9.17) is 4.74 Å². The first-order valence-electron chi connectivity index (χ1n) is 7.17. The van der Waals surface area contributed by atoms with Crippen molar-refractivity contribution in [3.63, 3.8) is 0 Å². The van der Waals surface area contributed by atoms with Crippen molar-refractivity contribution in [2.45, 2.75) is 11.8 Å². The first-order chi connectivity index (χ1) is 11.0. The molecule has 0 atom stereocenters. The third kappa shape index (κ3) is 2.87. The normalized spacial score (nSPS) is 11.4. The van der Waals surface area contributed by atoms with E-state index in [0.717, 1.165) is 10.9 Å². The fourth-order valence-corrected chi connectivity index (χ4v) is 3.87. The molecule has 0 spiro atoms. The maximum Gasteiger partial charge on any atom is 0.262 e. The van der Waals surface area contributed by atoms with Crippen molar-refractivity contribution in [1.29, 1.82) is 0 Å². The third-order valence-electron chi connectivity index (χ3n) is 3.74. The van der Waals surface area contributed by atoms with E-state index in [1.165, 1.54) is 7.11 Å². The zero-order chi connectivity index (χ0) is 16.4. The van der Waals surface area contributed by atoms with Crippen LogP contribution in [0, 0.1) is 6.92 Å². The number of fused-ring (bicyclic) bond motifs is 1. The van der Waals surface area contributed by atoms with Gasteiger partial charge in [0.1, 0.15) is 5.75 Å². The van der Waals surface area contributed by atoms with Crippen LogP contribution in [0.3, 0.4) is 0 Å². The van der Waals surface area contributed by atoms with Gasteiger partial charge in [-0.2, -0.15) is 0 Å². The van der Waals surface area contributed by atoms with Gasteiger partial charge >= 0.3 is 0 Å². The van der Waals surface area contributed by atoms with Gasteiger partial charge in [0.05, 0.1) is 17.7 Å². The van der Waals surface area contributed by atoms with Crippen molar-refractivity contribution in [3.8, 4) is 5.75 Å². The number of nitrogens with one attached hydrogen (secondary N) is 1. The van der Waals surface area contributed by atoms with Gasteiger partial charge in [0.2, 0.25) is 0 Å². The molecule has 0 saturated carbocycles. The van der Waals surface area contributed by atoms with Crippen molar-refractivity contribution in [3.05, 3.63) is 66.2 Å². The van der Waals surface area contributed by atoms with Crippen molar-refractivity contribution < 1.29 is 13.2 Å². The van der Waals surface area contributed by atoms with Gasteiger partial charge in [-0.1, -0.05) is 42.5 Å². The topological polar surface area (TPSA) is 55.4 Å². The lowest BCUT2D eigenvalue weighted by Gasteiger charge is -2.14. The van der Waals surface area contributed by atoms with Gasteiger partial charge in [-0.05, 0) is 36.1 Å². The van der Waals surface area contributed by atoms with Crippen LogP contribution >= 0.6 is 0 Å². The molecule has 0 aliphatic heterocycles. The Morgan fingerprint density at radius 1 is 0.870 bits per heavy atom. The summed E-state index contributed by atoms with van der Waals surface area (Å²) >= 11 is 0. The molecular weight excluding hydrogens is 310 g/mol. The molecule has 4 nitrogen and oxygen atoms in total. The van der Waals surface area contributed by atoms with E-state index in [1.54, 1.807) is 30.3 Å². The number of methoxy groups -OCH3 is 1. The van der Waals surface area contributed by atoms with E-state index in [9.17, 15) is 8.42 Å². The minimum absolute atomic E-state index is 0.254. The molecule has 0 fully saturated rings. The zero-order valence-electron chi connectivity index (χ0n) is 12.9. The quantitative estimate of drug-likeness (QED) is 0.789. The fourth-order valence-electron chi connectivity index (χ4n) is 2.59. The highest BCUT2D eigenvalue weighted by molar-refractivity contribution is 7.93. The number of aryl methyl sites for hydroxylation is 1. The monoisotopic (exact) mass is 327 g/mol. The number of hydrogen-bond donors (Lipinski definition) is 1. The number of hydrogen-bond acceptors (Lipinski definition) is 3. The molecule has 3 rings (SSSR count). The molecule has 0 aromatic heterocycles. The lowest BCUT2D eigenvalue weighted by molar-refractivity contribution is 0.417. The number of ether oxygens (including phenoxy) is 1. The molecule has 0 unspecified atom stereocenters. The number of sulfonamides is 1. The maximum absolute atomic E-state index is 12.8. The molecule has 0 aliphatic rings. The third-order valence-corrected chi connectivity index (χ3v) is 5.17. The number of benzene rings is 3. The molecule has 3 aromatic rings. The predicted octanol–water partition coefficient (Wildman–Crippen LogP) is 3.96. The second-order valence-electron chi connectivity index (χ2n) is 5.23. The van der Waals surface area contributed by atoms with Gasteiger partial charge in [-0.15, -0.1) is 0 Å². The summed E-state index contributed by atoms with van der Waals surface area (Å²) < 4.78 is 33.5. The van der Waals surface area contributed by atoms with Crippen molar-refractivity contribution in [2.75, 3.05) is 11.8 Å². The highest BCUT2D eigenvalue weighted by atomic mass is 32.2. The van der Waals surface area contributed by atoms with Gasteiger partial charge in [0, 0.05) is 5.39 Å². The predicted molar refractivity (Wildman–Crippen MR) is 92.5 cm³/mol. The van der Waals surface area contributed by atoms with Crippen LogP contribution in [0.4, 0.5) is 5.69 Å². The Morgan fingerprint density at radius 2 is 1.52 bits per heavy atom. The summed E-state index contributed by atoms with van der Waals surface area (Å²) in [5.74, 6) is 0.479. The van der Waals surface area contributed by atoms with Gasteiger partial charge in [0.15, 0.2) is 0 Å². The van der Waals surface area contributed by atoms with Crippen LogP contribution in [0.15, 0.2) is 65.6 Å². The van der Waals surface area contributed by atoms with Gasteiger partial charge < -0.3 is 4.74 Å².